The van der Waals surface area contributed by atoms with Crippen LogP contribution in [0.5, 0.6) is 0 Å². The molecule has 1 aliphatic carbocycles. The van der Waals surface area contributed by atoms with Crippen LogP contribution >= 0.6 is 0 Å². The van der Waals surface area contributed by atoms with Gasteiger partial charge in [0.25, 0.3) is 0 Å². The summed E-state index contributed by atoms with van der Waals surface area (Å²) < 4.78 is 24.5. The van der Waals surface area contributed by atoms with Gasteiger partial charge in [0.05, 0.1) is 4.90 Å². The highest BCUT2D eigenvalue weighted by Crippen LogP contribution is 2.26. The number of hydrogen-bond acceptors (Lipinski definition) is 4. The van der Waals surface area contributed by atoms with Crippen molar-refractivity contribution < 1.29 is 13.2 Å². The Balaban J connectivity index is 2.22. The molecule has 0 spiro atoms. The number of hydrogen-bond donors (Lipinski definition) is 1. The number of benzene rings is 1. The van der Waals surface area contributed by atoms with E-state index in [2.05, 4.69) is 0 Å². The van der Waals surface area contributed by atoms with Crippen molar-refractivity contribution in [1.29, 1.82) is 0 Å². The summed E-state index contributed by atoms with van der Waals surface area (Å²) in [6.45, 7) is 1.70. The molecule has 6 heteroatoms. The Morgan fingerprint density at radius 3 is 2.63 bits per heavy atom. The van der Waals surface area contributed by atoms with E-state index in [1.54, 1.807) is 26.1 Å². The van der Waals surface area contributed by atoms with Crippen molar-refractivity contribution >= 4 is 21.4 Å². The molecule has 19 heavy (non-hydrogen) atoms. The Hall–Kier alpha value is -1.56. The van der Waals surface area contributed by atoms with E-state index in [0.29, 0.717) is 11.3 Å². The van der Waals surface area contributed by atoms with Crippen LogP contribution in [0.15, 0.2) is 23.1 Å². The summed E-state index contributed by atoms with van der Waals surface area (Å²) in [5.74, 6) is -0.853. The number of rotatable bonds is 4. The van der Waals surface area contributed by atoms with Crippen molar-refractivity contribution in [3.8, 4) is 0 Å². The maximum Gasteiger partial charge on any atom is 0.238 e. The second-order valence-corrected chi connectivity index (χ2v) is 6.98. The van der Waals surface area contributed by atoms with Gasteiger partial charge in [0.2, 0.25) is 5.91 Å². The van der Waals surface area contributed by atoms with Crippen LogP contribution in [-0.2, 0) is 14.6 Å². The molecule has 2 rings (SSSR count). The van der Waals surface area contributed by atoms with E-state index in [0.717, 1.165) is 12.8 Å². The summed E-state index contributed by atoms with van der Waals surface area (Å²) in [6, 6.07) is 4.92. The maximum atomic E-state index is 12.3. The molecule has 1 aromatic rings. The monoisotopic (exact) mass is 282 g/mol. The van der Waals surface area contributed by atoms with Gasteiger partial charge in [0.15, 0.2) is 9.84 Å². The molecule has 1 amide bonds. The van der Waals surface area contributed by atoms with Crippen LogP contribution < -0.4 is 5.73 Å². The van der Waals surface area contributed by atoms with E-state index < -0.39 is 15.6 Å². The van der Waals surface area contributed by atoms with Crippen molar-refractivity contribution in [2.45, 2.75) is 30.7 Å². The molecule has 1 aromatic carbocycles. The van der Waals surface area contributed by atoms with Gasteiger partial charge >= 0.3 is 0 Å². The summed E-state index contributed by atoms with van der Waals surface area (Å²) in [4.78, 5) is 13.6. The molecule has 0 atom stereocenters. The Morgan fingerprint density at radius 2 is 2.05 bits per heavy atom. The highest BCUT2D eigenvalue weighted by molar-refractivity contribution is 7.92. The lowest BCUT2D eigenvalue weighted by Crippen LogP contribution is -2.34. The van der Waals surface area contributed by atoms with Crippen LogP contribution in [0.2, 0.25) is 0 Å². The molecular weight excluding hydrogens is 264 g/mol. The SMILES string of the molecule is Cc1ccc(N)cc1S(=O)(=O)CC(=O)N(C)C1CC1. The first-order chi connectivity index (χ1) is 8.81. The molecular formula is C13H18N2O3S. The highest BCUT2D eigenvalue weighted by atomic mass is 32.2. The quantitative estimate of drug-likeness (QED) is 0.834. The Morgan fingerprint density at radius 1 is 1.42 bits per heavy atom. The summed E-state index contributed by atoms with van der Waals surface area (Å²) in [5, 5.41) is 0. The van der Waals surface area contributed by atoms with E-state index in [1.807, 2.05) is 0 Å². The van der Waals surface area contributed by atoms with Crippen molar-refractivity contribution in [2.24, 2.45) is 0 Å². The minimum Gasteiger partial charge on any atom is -0.399 e. The second kappa shape index (κ2) is 4.85. The molecule has 2 N–H and O–H groups in total. The number of amides is 1. The normalized spacial score (nSPS) is 15.3. The second-order valence-electron chi connectivity index (χ2n) is 5.02. The molecule has 0 aromatic heterocycles. The lowest BCUT2D eigenvalue weighted by Gasteiger charge is -2.16. The van der Waals surface area contributed by atoms with Gasteiger partial charge in [-0.15, -0.1) is 0 Å². The zero-order valence-corrected chi connectivity index (χ0v) is 11.9. The smallest absolute Gasteiger partial charge is 0.238 e. The molecule has 104 valence electrons. The number of aryl methyl sites for hydroxylation is 1. The van der Waals surface area contributed by atoms with Gasteiger partial charge in [-0.1, -0.05) is 6.07 Å². The third kappa shape index (κ3) is 3.07. The van der Waals surface area contributed by atoms with Crippen molar-refractivity contribution in [3.05, 3.63) is 23.8 Å². The molecule has 5 nitrogen and oxygen atoms in total. The molecule has 0 bridgehead atoms. The molecule has 1 fully saturated rings. The lowest BCUT2D eigenvalue weighted by atomic mass is 10.2. The summed E-state index contributed by atoms with van der Waals surface area (Å²) in [5.41, 5.74) is 6.60. The number of nitrogens with two attached hydrogens (primary N) is 1. The van der Waals surface area contributed by atoms with E-state index in [-0.39, 0.29) is 16.8 Å². The zero-order chi connectivity index (χ0) is 14.2. The molecule has 0 unspecified atom stereocenters. The molecule has 0 radical (unpaired) electrons. The third-order valence-corrected chi connectivity index (χ3v) is 5.09. The fraction of sp³-hybridized carbons (Fsp3) is 0.462. The Labute approximate surface area is 113 Å². The van der Waals surface area contributed by atoms with E-state index >= 15 is 0 Å². The molecule has 1 saturated carbocycles. The van der Waals surface area contributed by atoms with Crippen molar-refractivity contribution in [2.75, 3.05) is 18.5 Å². The summed E-state index contributed by atoms with van der Waals surface area (Å²) >= 11 is 0. The molecule has 0 saturated heterocycles. The van der Waals surface area contributed by atoms with Crippen LogP contribution in [0.3, 0.4) is 0 Å². The van der Waals surface area contributed by atoms with E-state index in [1.165, 1.54) is 11.0 Å². The standard InChI is InChI=1S/C13H18N2O3S/c1-9-3-4-10(14)7-12(9)19(17,18)8-13(16)15(2)11-5-6-11/h3-4,7,11H,5-6,8,14H2,1-2H3. The number of anilines is 1. The van der Waals surface area contributed by atoms with Gasteiger partial charge in [-0.3, -0.25) is 4.79 Å². The number of carbonyl (C=O) groups excluding carboxylic acids is 1. The largest absolute Gasteiger partial charge is 0.399 e. The molecule has 0 aliphatic heterocycles. The van der Waals surface area contributed by atoms with Gasteiger partial charge in [-0.2, -0.15) is 0 Å². The zero-order valence-electron chi connectivity index (χ0n) is 11.1. The Kier molecular flexibility index (Phi) is 3.54. The first-order valence-corrected chi connectivity index (χ1v) is 7.81. The number of carbonyl (C=O) groups is 1. The average molecular weight is 282 g/mol. The van der Waals surface area contributed by atoms with E-state index in [9.17, 15) is 13.2 Å². The van der Waals surface area contributed by atoms with Gasteiger partial charge < -0.3 is 10.6 Å². The number of sulfone groups is 1. The predicted octanol–water partition coefficient (Wildman–Crippen LogP) is 0.972. The summed E-state index contributed by atoms with van der Waals surface area (Å²) in [6.07, 6.45) is 1.92. The van der Waals surface area contributed by atoms with Crippen molar-refractivity contribution in [3.63, 3.8) is 0 Å². The van der Waals surface area contributed by atoms with Gasteiger partial charge in [0.1, 0.15) is 5.75 Å². The van der Waals surface area contributed by atoms with Crippen LogP contribution in [0, 0.1) is 6.92 Å². The van der Waals surface area contributed by atoms with Crippen LogP contribution in [0.25, 0.3) is 0 Å². The summed E-state index contributed by atoms with van der Waals surface area (Å²) in [7, 11) is -1.98. The Bertz CT molecular complexity index is 606. The van der Waals surface area contributed by atoms with Gasteiger partial charge in [0, 0.05) is 18.8 Å². The number of nitrogens with zero attached hydrogens (tertiary/aromatic N) is 1. The minimum absolute atomic E-state index is 0.144. The third-order valence-electron chi connectivity index (χ3n) is 3.35. The fourth-order valence-electron chi connectivity index (χ4n) is 1.96. The first-order valence-electron chi connectivity index (χ1n) is 6.16. The van der Waals surface area contributed by atoms with Crippen molar-refractivity contribution in [1.82, 2.24) is 4.90 Å². The number of nitrogen functional groups attached to an aromatic ring is 1. The van der Waals surface area contributed by atoms with Crippen LogP contribution in [-0.4, -0.2) is 38.1 Å². The van der Waals surface area contributed by atoms with Gasteiger partial charge in [-0.05, 0) is 37.5 Å². The minimum atomic E-state index is -3.63. The topological polar surface area (TPSA) is 80.5 Å². The molecule has 1 aliphatic rings. The van der Waals surface area contributed by atoms with Crippen LogP contribution in [0.1, 0.15) is 18.4 Å². The van der Waals surface area contributed by atoms with Crippen LogP contribution in [0.4, 0.5) is 5.69 Å². The van der Waals surface area contributed by atoms with Gasteiger partial charge in [-0.25, -0.2) is 8.42 Å². The average Bonchev–Trinajstić information content (AvgIpc) is 3.14. The first kappa shape index (κ1) is 13.9. The lowest BCUT2D eigenvalue weighted by molar-refractivity contribution is -0.127. The highest BCUT2D eigenvalue weighted by Gasteiger charge is 2.32. The fourth-order valence-corrected chi connectivity index (χ4v) is 3.52. The van der Waals surface area contributed by atoms with E-state index in [4.69, 9.17) is 5.73 Å². The molecule has 0 heterocycles. The maximum absolute atomic E-state index is 12.3. The predicted molar refractivity (Wildman–Crippen MR) is 73.4 cm³/mol.